The van der Waals surface area contributed by atoms with E-state index in [0.29, 0.717) is 22.2 Å². The molecule has 3 aromatic rings. The lowest BCUT2D eigenvalue weighted by atomic mass is 9.94. The first-order chi connectivity index (χ1) is 12.1. The van der Waals surface area contributed by atoms with Crippen LogP contribution in [0.2, 0.25) is 0 Å². The number of hydrogen-bond donors (Lipinski definition) is 0. The minimum atomic E-state index is -0.960. The van der Waals surface area contributed by atoms with Crippen LogP contribution in [0.4, 0.5) is 10.5 Å². The first-order valence-electron chi connectivity index (χ1n) is 7.44. The molecule has 0 unspecified atom stereocenters. The highest BCUT2D eigenvalue weighted by molar-refractivity contribution is 6.61. The van der Waals surface area contributed by atoms with Crippen molar-refractivity contribution in [3.05, 3.63) is 71.8 Å². The van der Waals surface area contributed by atoms with Gasteiger partial charge in [0, 0.05) is 28.1 Å². The second-order valence-electron chi connectivity index (χ2n) is 5.49. The average molecular weight is 352 g/mol. The maximum Gasteiger partial charge on any atom is 0.409 e. The third-order valence-electron chi connectivity index (χ3n) is 4.06. The Morgan fingerprint density at radius 2 is 1.40 bits per heavy atom. The zero-order valence-electron chi connectivity index (χ0n) is 12.7. The van der Waals surface area contributed by atoms with Crippen molar-refractivity contribution in [2.24, 2.45) is 0 Å². The van der Waals surface area contributed by atoms with Crippen molar-refractivity contribution in [2.45, 2.75) is 0 Å². The SMILES string of the molecule is O=C(Cl)Oc1ccc(N2C(=O)c3cccc4cccc(c34)C2=O)cc1. The molecule has 0 aromatic heterocycles. The van der Waals surface area contributed by atoms with Crippen LogP contribution in [0.1, 0.15) is 20.7 Å². The molecule has 25 heavy (non-hydrogen) atoms. The first-order valence-corrected chi connectivity index (χ1v) is 7.82. The predicted octanol–water partition coefficient (Wildman–Crippen LogP) is 4.38. The molecule has 2 amide bonds. The van der Waals surface area contributed by atoms with Crippen LogP contribution >= 0.6 is 11.6 Å². The van der Waals surface area contributed by atoms with Crippen LogP contribution in [0.5, 0.6) is 5.75 Å². The summed E-state index contributed by atoms with van der Waals surface area (Å²) in [6, 6.07) is 16.7. The Kier molecular flexibility index (Phi) is 3.51. The van der Waals surface area contributed by atoms with E-state index in [1.807, 2.05) is 12.1 Å². The van der Waals surface area contributed by atoms with Gasteiger partial charge in [0.05, 0.1) is 5.69 Å². The van der Waals surface area contributed by atoms with E-state index in [9.17, 15) is 14.4 Å². The van der Waals surface area contributed by atoms with Crippen molar-refractivity contribution < 1.29 is 19.1 Å². The number of carbonyl (C=O) groups excluding carboxylic acids is 3. The Balaban J connectivity index is 1.81. The molecule has 0 spiro atoms. The average Bonchev–Trinajstić information content (AvgIpc) is 2.60. The number of ether oxygens (including phenoxy) is 1. The number of rotatable bonds is 2. The third-order valence-corrected chi connectivity index (χ3v) is 4.14. The maximum absolute atomic E-state index is 12.9. The van der Waals surface area contributed by atoms with Gasteiger partial charge in [-0.3, -0.25) is 9.59 Å². The molecule has 4 rings (SSSR count). The Labute approximate surface area is 147 Å². The third kappa shape index (κ3) is 2.45. The van der Waals surface area contributed by atoms with E-state index in [1.165, 1.54) is 24.3 Å². The molecule has 0 aliphatic carbocycles. The highest BCUT2D eigenvalue weighted by atomic mass is 35.5. The molecule has 6 heteroatoms. The Morgan fingerprint density at radius 1 is 0.840 bits per heavy atom. The summed E-state index contributed by atoms with van der Waals surface area (Å²) >= 11 is 5.17. The number of carbonyl (C=O) groups is 3. The monoisotopic (exact) mass is 351 g/mol. The Hall–Kier alpha value is -3.18. The number of halogens is 1. The van der Waals surface area contributed by atoms with Gasteiger partial charge in [-0.1, -0.05) is 24.3 Å². The minimum Gasteiger partial charge on any atom is -0.415 e. The molecule has 0 radical (unpaired) electrons. The van der Waals surface area contributed by atoms with E-state index < -0.39 is 17.2 Å². The van der Waals surface area contributed by atoms with Crippen molar-refractivity contribution >= 4 is 45.3 Å². The van der Waals surface area contributed by atoms with Crippen LogP contribution < -0.4 is 9.64 Å². The number of benzene rings is 3. The van der Waals surface area contributed by atoms with Gasteiger partial charge in [-0.05, 0) is 41.8 Å². The Morgan fingerprint density at radius 3 is 1.92 bits per heavy atom. The van der Waals surface area contributed by atoms with Gasteiger partial charge in [0.2, 0.25) is 0 Å². The van der Waals surface area contributed by atoms with E-state index in [-0.39, 0.29) is 5.75 Å². The van der Waals surface area contributed by atoms with E-state index >= 15 is 0 Å². The molecule has 3 aromatic carbocycles. The maximum atomic E-state index is 12.9. The lowest BCUT2D eigenvalue weighted by Gasteiger charge is -2.27. The zero-order chi connectivity index (χ0) is 17.6. The quantitative estimate of drug-likeness (QED) is 0.507. The number of amides is 2. The smallest absolute Gasteiger partial charge is 0.409 e. The molecular formula is C19H10ClNO4. The molecule has 0 saturated heterocycles. The molecule has 0 saturated carbocycles. The number of nitrogens with zero attached hydrogens (tertiary/aromatic N) is 1. The summed E-state index contributed by atoms with van der Waals surface area (Å²) in [6.45, 7) is 0. The van der Waals surface area contributed by atoms with Crippen molar-refractivity contribution in [1.82, 2.24) is 0 Å². The summed E-state index contributed by atoms with van der Waals surface area (Å²) in [4.78, 5) is 37.6. The minimum absolute atomic E-state index is 0.225. The topological polar surface area (TPSA) is 63.7 Å². The van der Waals surface area contributed by atoms with Crippen LogP contribution in [-0.4, -0.2) is 17.2 Å². The number of anilines is 1. The van der Waals surface area contributed by atoms with Crippen LogP contribution in [0.15, 0.2) is 60.7 Å². The highest BCUT2D eigenvalue weighted by Gasteiger charge is 2.33. The molecule has 1 aliphatic heterocycles. The van der Waals surface area contributed by atoms with Gasteiger partial charge in [0.1, 0.15) is 5.75 Å². The summed E-state index contributed by atoms with van der Waals surface area (Å²) in [6.07, 6.45) is 0. The van der Waals surface area contributed by atoms with Crippen molar-refractivity contribution in [3.8, 4) is 5.75 Å². The molecule has 122 valence electrons. The van der Waals surface area contributed by atoms with Gasteiger partial charge in [0.15, 0.2) is 0 Å². The normalized spacial score (nSPS) is 13.2. The van der Waals surface area contributed by atoms with E-state index in [4.69, 9.17) is 16.3 Å². The van der Waals surface area contributed by atoms with Crippen molar-refractivity contribution in [1.29, 1.82) is 0 Å². The van der Waals surface area contributed by atoms with Crippen molar-refractivity contribution in [2.75, 3.05) is 4.90 Å². The molecule has 0 bridgehead atoms. The highest BCUT2D eigenvalue weighted by Crippen LogP contribution is 2.33. The van der Waals surface area contributed by atoms with Crippen LogP contribution in [0, 0.1) is 0 Å². The summed E-state index contributed by atoms with van der Waals surface area (Å²) in [7, 11) is 0. The van der Waals surface area contributed by atoms with Gasteiger partial charge < -0.3 is 4.74 Å². The molecule has 0 N–H and O–H groups in total. The largest absolute Gasteiger partial charge is 0.415 e. The second-order valence-corrected chi connectivity index (χ2v) is 5.80. The first kappa shape index (κ1) is 15.4. The predicted molar refractivity (Wildman–Crippen MR) is 93.4 cm³/mol. The van der Waals surface area contributed by atoms with Gasteiger partial charge in [-0.15, -0.1) is 0 Å². The van der Waals surface area contributed by atoms with E-state index in [2.05, 4.69) is 0 Å². The van der Waals surface area contributed by atoms with Crippen LogP contribution in [-0.2, 0) is 0 Å². The van der Waals surface area contributed by atoms with Gasteiger partial charge in [-0.2, -0.15) is 0 Å². The standard InChI is InChI=1S/C19H10ClNO4/c20-19(24)25-13-9-7-12(8-10-13)21-17(22)14-5-1-3-11-4-2-6-15(16(11)14)18(21)23/h1-10H. The number of imide groups is 1. The lowest BCUT2D eigenvalue weighted by Crippen LogP contribution is -2.40. The molecular weight excluding hydrogens is 342 g/mol. The van der Waals surface area contributed by atoms with Gasteiger partial charge in [0.25, 0.3) is 11.8 Å². The zero-order valence-corrected chi connectivity index (χ0v) is 13.5. The van der Waals surface area contributed by atoms with E-state index in [1.54, 1.807) is 24.3 Å². The summed E-state index contributed by atoms with van der Waals surface area (Å²) in [5.41, 5.74) is 0.377. The summed E-state index contributed by atoms with van der Waals surface area (Å²) in [5.74, 6) is -0.559. The number of hydrogen-bond acceptors (Lipinski definition) is 4. The van der Waals surface area contributed by atoms with Gasteiger partial charge in [-0.25, -0.2) is 9.69 Å². The fourth-order valence-corrected chi connectivity index (χ4v) is 3.11. The van der Waals surface area contributed by atoms with Crippen LogP contribution in [0.3, 0.4) is 0 Å². The molecule has 0 fully saturated rings. The molecule has 5 nitrogen and oxygen atoms in total. The fourth-order valence-electron chi connectivity index (χ4n) is 3.02. The fraction of sp³-hybridized carbons (Fsp3) is 0. The Bertz CT molecular complexity index is 992. The molecule has 0 atom stereocenters. The summed E-state index contributed by atoms with van der Waals surface area (Å²) < 4.78 is 4.75. The lowest BCUT2D eigenvalue weighted by molar-refractivity contribution is 0.0893. The molecule has 1 heterocycles. The molecule has 1 aliphatic rings. The van der Waals surface area contributed by atoms with E-state index in [0.717, 1.165) is 10.3 Å². The van der Waals surface area contributed by atoms with Crippen molar-refractivity contribution in [3.63, 3.8) is 0 Å². The van der Waals surface area contributed by atoms with Crippen LogP contribution in [0.25, 0.3) is 10.8 Å². The van der Waals surface area contributed by atoms with Gasteiger partial charge >= 0.3 is 5.43 Å². The summed E-state index contributed by atoms with van der Waals surface area (Å²) in [5, 5.41) is 1.52. The second kappa shape index (κ2) is 5.72.